The molecule has 4 aromatic rings. The third-order valence-electron chi connectivity index (χ3n) is 5.00. The molecule has 2 aromatic carbocycles. The lowest BCUT2D eigenvalue weighted by Crippen LogP contribution is -2.33. The van der Waals surface area contributed by atoms with Crippen molar-refractivity contribution in [3.8, 4) is 17.1 Å². The Morgan fingerprint density at radius 1 is 0.968 bits per heavy atom. The van der Waals surface area contributed by atoms with Crippen molar-refractivity contribution in [2.24, 2.45) is 4.99 Å². The van der Waals surface area contributed by atoms with E-state index in [0.29, 0.717) is 12.3 Å². The van der Waals surface area contributed by atoms with Gasteiger partial charge in [-0.15, -0.1) is 0 Å². The van der Waals surface area contributed by atoms with Crippen molar-refractivity contribution in [1.82, 2.24) is 14.5 Å². The molecule has 5 rings (SSSR count). The summed E-state index contributed by atoms with van der Waals surface area (Å²) in [4.78, 5) is 23.5. The predicted octanol–water partition coefficient (Wildman–Crippen LogP) is 4.67. The molecule has 0 N–H and O–H groups in total. The Hall–Kier alpha value is -3.58. The fourth-order valence-corrected chi connectivity index (χ4v) is 4.42. The SMILES string of the molecule is O=C1CN=C(CSc2nc(-c3ccco3)cn2-c2ccccc2)N1Cc1ccccc1. The highest BCUT2D eigenvalue weighted by Crippen LogP contribution is 2.28. The van der Waals surface area contributed by atoms with Crippen LogP contribution in [0.15, 0.2) is 99.8 Å². The average Bonchev–Trinajstić information content (AvgIpc) is 3.55. The van der Waals surface area contributed by atoms with Gasteiger partial charge in [0.05, 0.1) is 18.6 Å². The van der Waals surface area contributed by atoms with Crippen LogP contribution in [0.5, 0.6) is 0 Å². The van der Waals surface area contributed by atoms with Crippen molar-refractivity contribution in [2.45, 2.75) is 11.7 Å². The molecule has 154 valence electrons. The predicted molar refractivity (Wildman–Crippen MR) is 121 cm³/mol. The van der Waals surface area contributed by atoms with E-state index >= 15 is 0 Å². The van der Waals surface area contributed by atoms with Crippen LogP contribution in [0.4, 0.5) is 0 Å². The molecule has 0 saturated heterocycles. The maximum absolute atomic E-state index is 12.4. The van der Waals surface area contributed by atoms with Crippen LogP contribution in [-0.2, 0) is 11.3 Å². The van der Waals surface area contributed by atoms with Gasteiger partial charge in [0.25, 0.3) is 0 Å². The lowest BCUT2D eigenvalue weighted by Gasteiger charge is -2.18. The minimum atomic E-state index is 0.0297. The Bertz CT molecular complexity index is 1200. The number of rotatable bonds is 7. The molecule has 3 heterocycles. The van der Waals surface area contributed by atoms with Crippen LogP contribution >= 0.6 is 11.8 Å². The van der Waals surface area contributed by atoms with Crippen LogP contribution in [0.1, 0.15) is 5.56 Å². The summed E-state index contributed by atoms with van der Waals surface area (Å²) >= 11 is 1.56. The molecule has 31 heavy (non-hydrogen) atoms. The standard InChI is InChI=1S/C24H20N4O2S/c29-23-14-25-22(28(23)15-18-8-3-1-4-9-18)17-31-24-26-20(21-12-7-13-30-21)16-27(24)19-10-5-2-6-11-19/h1-13,16H,14-15,17H2. The summed E-state index contributed by atoms with van der Waals surface area (Å²) in [5.41, 5.74) is 2.86. The fourth-order valence-electron chi connectivity index (χ4n) is 3.45. The van der Waals surface area contributed by atoms with Gasteiger partial charge in [0.15, 0.2) is 10.9 Å². The number of carbonyl (C=O) groups is 1. The third-order valence-corrected chi connectivity index (χ3v) is 5.95. The zero-order valence-electron chi connectivity index (χ0n) is 16.7. The molecule has 0 unspecified atom stereocenters. The number of hydrogen-bond donors (Lipinski definition) is 0. The second-order valence-electron chi connectivity index (χ2n) is 7.08. The number of amidine groups is 1. The molecule has 0 fully saturated rings. The Balaban J connectivity index is 1.38. The van der Waals surface area contributed by atoms with Gasteiger partial charge >= 0.3 is 0 Å². The van der Waals surface area contributed by atoms with Gasteiger partial charge in [-0.25, -0.2) is 4.98 Å². The van der Waals surface area contributed by atoms with E-state index in [2.05, 4.69) is 4.99 Å². The lowest BCUT2D eigenvalue weighted by atomic mass is 10.2. The van der Waals surface area contributed by atoms with Crippen LogP contribution < -0.4 is 0 Å². The zero-order chi connectivity index (χ0) is 21.0. The normalized spacial score (nSPS) is 13.6. The van der Waals surface area contributed by atoms with Gasteiger partial charge in [0, 0.05) is 11.9 Å². The second-order valence-corrected chi connectivity index (χ2v) is 8.02. The molecule has 7 heteroatoms. The van der Waals surface area contributed by atoms with Gasteiger partial charge in [0.1, 0.15) is 18.1 Å². The van der Waals surface area contributed by atoms with E-state index in [1.807, 2.05) is 83.6 Å². The molecule has 0 aliphatic carbocycles. The summed E-state index contributed by atoms with van der Waals surface area (Å²) < 4.78 is 7.58. The third kappa shape index (κ3) is 4.18. The summed E-state index contributed by atoms with van der Waals surface area (Å²) in [5.74, 6) is 2.08. The second kappa shape index (κ2) is 8.65. The zero-order valence-corrected chi connectivity index (χ0v) is 17.5. The molecule has 1 aliphatic heterocycles. The van der Waals surface area contributed by atoms with Crippen molar-refractivity contribution in [3.05, 3.63) is 90.8 Å². The number of benzene rings is 2. The Labute approximate surface area is 184 Å². The quantitative estimate of drug-likeness (QED) is 0.402. The van der Waals surface area contributed by atoms with Gasteiger partial charge in [0.2, 0.25) is 5.91 Å². The molecule has 0 spiro atoms. The van der Waals surface area contributed by atoms with E-state index < -0.39 is 0 Å². The van der Waals surface area contributed by atoms with E-state index in [9.17, 15) is 4.79 Å². The number of aliphatic imine (C=N–C) groups is 1. The number of para-hydroxylation sites is 1. The first-order valence-electron chi connectivity index (χ1n) is 9.97. The van der Waals surface area contributed by atoms with E-state index in [-0.39, 0.29) is 12.5 Å². The van der Waals surface area contributed by atoms with Gasteiger partial charge in [-0.1, -0.05) is 60.3 Å². The summed E-state index contributed by atoms with van der Waals surface area (Å²) in [7, 11) is 0. The number of amides is 1. The van der Waals surface area contributed by atoms with Crippen LogP contribution in [0.3, 0.4) is 0 Å². The molecular formula is C24H20N4O2S. The Kier molecular flexibility index (Phi) is 5.41. The van der Waals surface area contributed by atoms with E-state index in [4.69, 9.17) is 9.40 Å². The number of carbonyl (C=O) groups excluding carboxylic acids is 1. The highest BCUT2D eigenvalue weighted by Gasteiger charge is 2.26. The smallest absolute Gasteiger partial charge is 0.249 e. The average molecular weight is 429 g/mol. The molecule has 0 saturated carbocycles. The maximum atomic E-state index is 12.4. The van der Waals surface area contributed by atoms with Crippen molar-refractivity contribution in [2.75, 3.05) is 12.3 Å². The minimum Gasteiger partial charge on any atom is -0.463 e. The molecule has 0 bridgehead atoms. The minimum absolute atomic E-state index is 0.0297. The molecule has 0 atom stereocenters. The molecule has 2 aromatic heterocycles. The van der Waals surface area contributed by atoms with Crippen LogP contribution in [-0.4, -0.2) is 38.5 Å². The number of aromatic nitrogens is 2. The maximum Gasteiger partial charge on any atom is 0.249 e. The monoisotopic (exact) mass is 428 g/mol. The van der Waals surface area contributed by atoms with Gasteiger partial charge < -0.3 is 4.42 Å². The van der Waals surface area contributed by atoms with Crippen molar-refractivity contribution in [3.63, 3.8) is 0 Å². The molecular weight excluding hydrogens is 408 g/mol. The summed E-state index contributed by atoms with van der Waals surface area (Å²) in [5, 5.41) is 0.819. The number of nitrogens with zero attached hydrogens (tertiary/aromatic N) is 4. The number of imidazole rings is 1. The highest BCUT2D eigenvalue weighted by molar-refractivity contribution is 7.99. The molecule has 1 amide bonds. The fraction of sp³-hybridized carbons (Fsp3) is 0.125. The molecule has 1 aliphatic rings. The van der Waals surface area contributed by atoms with Crippen LogP contribution in [0.2, 0.25) is 0 Å². The van der Waals surface area contributed by atoms with Crippen molar-refractivity contribution < 1.29 is 9.21 Å². The Morgan fingerprint density at radius 3 is 2.48 bits per heavy atom. The Morgan fingerprint density at radius 2 is 1.74 bits per heavy atom. The van der Waals surface area contributed by atoms with Gasteiger partial charge in [-0.2, -0.15) is 0 Å². The molecule has 0 radical (unpaired) electrons. The van der Waals surface area contributed by atoms with E-state index in [1.54, 1.807) is 22.9 Å². The summed E-state index contributed by atoms with van der Waals surface area (Å²) in [6, 6.07) is 23.8. The van der Waals surface area contributed by atoms with Gasteiger partial charge in [-0.3, -0.25) is 19.3 Å². The first-order valence-corrected chi connectivity index (χ1v) is 11.0. The summed E-state index contributed by atoms with van der Waals surface area (Å²) in [6.45, 7) is 0.733. The van der Waals surface area contributed by atoms with E-state index in [0.717, 1.165) is 33.7 Å². The van der Waals surface area contributed by atoms with E-state index in [1.165, 1.54) is 0 Å². The van der Waals surface area contributed by atoms with Crippen LogP contribution in [0.25, 0.3) is 17.1 Å². The largest absolute Gasteiger partial charge is 0.463 e. The first kappa shape index (κ1) is 19.4. The number of furan rings is 1. The molecule has 6 nitrogen and oxygen atoms in total. The highest BCUT2D eigenvalue weighted by atomic mass is 32.2. The first-order chi connectivity index (χ1) is 15.3. The number of thioether (sulfide) groups is 1. The lowest BCUT2D eigenvalue weighted by molar-refractivity contribution is -0.125. The van der Waals surface area contributed by atoms with Crippen molar-refractivity contribution in [1.29, 1.82) is 0 Å². The number of hydrogen-bond acceptors (Lipinski definition) is 5. The van der Waals surface area contributed by atoms with Crippen LogP contribution in [0, 0.1) is 0 Å². The van der Waals surface area contributed by atoms with Gasteiger partial charge in [-0.05, 0) is 29.8 Å². The topological polar surface area (TPSA) is 63.6 Å². The van der Waals surface area contributed by atoms with Crippen molar-refractivity contribution >= 4 is 23.5 Å². The summed E-state index contributed by atoms with van der Waals surface area (Å²) in [6.07, 6.45) is 3.61.